The molecule has 8 heteroatoms. The summed E-state index contributed by atoms with van der Waals surface area (Å²) in [5.74, 6) is -2.05. The van der Waals surface area contributed by atoms with Gasteiger partial charge in [0.1, 0.15) is 17.2 Å². The van der Waals surface area contributed by atoms with Crippen molar-refractivity contribution in [2.24, 2.45) is 5.92 Å². The fourth-order valence-electron chi connectivity index (χ4n) is 2.43. The molecule has 1 aromatic heterocycles. The summed E-state index contributed by atoms with van der Waals surface area (Å²) < 4.78 is 14.8. The Balaban J connectivity index is 2.38. The Bertz CT molecular complexity index is 864. The minimum atomic E-state index is -1.02. The van der Waals surface area contributed by atoms with Gasteiger partial charge in [-0.05, 0) is 24.1 Å². The zero-order valence-electron chi connectivity index (χ0n) is 14.6. The van der Waals surface area contributed by atoms with Gasteiger partial charge in [0.05, 0.1) is 6.42 Å². The standard InChI is InChI=1S/C18H20FN3O4/c1-12(2)11-21(10-9-17(24)25)18(26)14-7-8-16(23)22(20-14)15-6-4-3-5-13(15)19/h3-8,12H,9-11H2,1-2H3,(H,24,25). The molecule has 0 aliphatic rings. The Morgan fingerprint density at radius 2 is 1.92 bits per heavy atom. The number of nitrogens with zero attached hydrogens (tertiary/aromatic N) is 3. The molecular weight excluding hydrogens is 341 g/mol. The van der Waals surface area contributed by atoms with E-state index in [2.05, 4.69) is 5.10 Å². The number of halogens is 1. The van der Waals surface area contributed by atoms with Gasteiger partial charge in [0, 0.05) is 19.2 Å². The zero-order valence-corrected chi connectivity index (χ0v) is 14.6. The zero-order chi connectivity index (χ0) is 19.3. The Hall–Kier alpha value is -3.03. The third-order valence-electron chi connectivity index (χ3n) is 3.57. The van der Waals surface area contributed by atoms with E-state index in [0.717, 1.165) is 10.7 Å². The lowest BCUT2D eigenvalue weighted by atomic mass is 10.2. The Kier molecular flexibility index (Phi) is 6.21. The minimum absolute atomic E-state index is 0.0207. The largest absolute Gasteiger partial charge is 0.481 e. The molecule has 0 atom stereocenters. The molecule has 1 heterocycles. The number of carbonyl (C=O) groups excluding carboxylic acids is 1. The number of carboxylic acid groups (broad SMARTS) is 1. The molecule has 0 aliphatic carbocycles. The van der Waals surface area contributed by atoms with Crippen molar-refractivity contribution in [3.8, 4) is 5.69 Å². The summed E-state index contributed by atoms with van der Waals surface area (Å²) >= 11 is 0. The summed E-state index contributed by atoms with van der Waals surface area (Å²) in [7, 11) is 0. The number of hydrogen-bond acceptors (Lipinski definition) is 4. The average molecular weight is 361 g/mol. The molecule has 0 aliphatic heterocycles. The van der Waals surface area contributed by atoms with Crippen LogP contribution in [0, 0.1) is 11.7 Å². The third-order valence-corrected chi connectivity index (χ3v) is 3.57. The predicted molar refractivity (Wildman–Crippen MR) is 92.8 cm³/mol. The number of benzene rings is 1. The van der Waals surface area contributed by atoms with Gasteiger partial charge in [0.25, 0.3) is 11.5 Å². The first-order valence-corrected chi connectivity index (χ1v) is 8.16. The Morgan fingerprint density at radius 3 is 2.54 bits per heavy atom. The molecule has 1 amide bonds. The van der Waals surface area contributed by atoms with Gasteiger partial charge in [0.2, 0.25) is 0 Å². The molecule has 138 valence electrons. The topological polar surface area (TPSA) is 92.5 Å². The molecule has 0 radical (unpaired) electrons. The number of rotatable bonds is 7. The lowest BCUT2D eigenvalue weighted by Gasteiger charge is -2.23. The summed E-state index contributed by atoms with van der Waals surface area (Å²) in [6.07, 6.45) is -0.203. The van der Waals surface area contributed by atoms with Crippen LogP contribution in [-0.4, -0.2) is 44.8 Å². The van der Waals surface area contributed by atoms with Crippen molar-refractivity contribution in [3.63, 3.8) is 0 Å². The Morgan fingerprint density at radius 1 is 1.23 bits per heavy atom. The van der Waals surface area contributed by atoms with Crippen LogP contribution in [0.3, 0.4) is 0 Å². The summed E-state index contributed by atoms with van der Waals surface area (Å²) in [6.45, 7) is 4.16. The van der Waals surface area contributed by atoms with E-state index in [0.29, 0.717) is 6.54 Å². The second kappa shape index (κ2) is 8.37. The first-order chi connectivity index (χ1) is 12.3. The van der Waals surface area contributed by atoms with Gasteiger partial charge in [-0.1, -0.05) is 26.0 Å². The quantitative estimate of drug-likeness (QED) is 0.814. The molecule has 26 heavy (non-hydrogen) atoms. The molecule has 0 saturated carbocycles. The monoisotopic (exact) mass is 361 g/mol. The number of amides is 1. The van der Waals surface area contributed by atoms with Gasteiger partial charge in [-0.2, -0.15) is 9.78 Å². The van der Waals surface area contributed by atoms with Gasteiger partial charge in [-0.25, -0.2) is 4.39 Å². The maximum absolute atomic E-state index is 14.0. The van der Waals surface area contributed by atoms with Gasteiger partial charge in [-0.15, -0.1) is 0 Å². The highest BCUT2D eigenvalue weighted by atomic mass is 19.1. The normalized spacial score (nSPS) is 10.8. The van der Waals surface area contributed by atoms with Crippen LogP contribution >= 0.6 is 0 Å². The van der Waals surface area contributed by atoms with Crippen LogP contribution in [0.5, 0.6) is 0 Å². The number of para-hydroxylation sites is 1. The molecule has 0 fully saturated rings. The van der Waals surface area contributed by atoms with Crippen LogP contribution in [0.25, 0.3) is 5.69 Å². The molecule has 0 unspecified atom stereocenters. The van der Waals surface area contributed by atoms with E-state index in [9.17, 15) is 18.8 Å². The summed E-state index contributed by atoms with van der Waals surface area (Å²) in [4.78, 5) is 37.0. The maximum Gasteiger partial charge on any atom is 0.305 e. The van der Waals surface area contributed by atoms with E-state index in [1.54, 1.807) is 6.07 Å². The van der Waals surface area contributed by atoms with Crippen molar-refractivity contribution in [1.82, 2.24) is 14.7 Å². The molecule has 0 spiro atoms. The first-order valence-electron chi connectivity index (χ1n) is 8.16. The SMILES string of the molecule is CC(C)CN(CCC(=O)O)C(=O)c1ccc(=O)n(-c2ccccc2F)n1. The summed E-state index contributed by atoms with van der Waals surface area (Å²) in [6, 6.07) is 8.01. The van der Waals surface area contributed by atoms with Crippen molar-refractivity contribution < 1.29 is 19.1 Å². The second-order valence-electron chi connectivity index (χ2n) is 6.21. The van der Waals surface area contributed by atoms with E-state index < -0.39 is 23.3 Å². The van der Waals surface area contributed by atoms with E-state index in [-0.39, 0.29) is 30.3 Å². The second-order valence-corrected chi connectivity index (χ2v) is 6.21. The van der Waals surface area contributed by atoms with Crippen LogP contribution in [0.4, 0.5) is 4.39 Å². The highest BCUT2D eigenvalue weighted by molar-refractivity contribution is 5.92. The highest BCUT2D eigenvalue weighted by Crippen LogP contribution is 2.11. The predicted octanol–water partition coefficient (Wildman–Crippen LogP) is 1.94. The maximum atomic E-state index is 14.0. The van der Waals surface area contributed by atoms with Gasteiger partial charge in [-0.3, -0.25) is 14.4 Å². The molecule has 0 saturated heterocycles. The lowest BCUT2D eigenvalue weighted by Crippen LogP contribution is -2.37. The number of carbonyl (C=O) groups is 2. The molecule has 2 rings (SSSR count). The van der Waals surface area contributed by atoms with E-state index >= 15 is 0 Å². The molecule has 1 aromatic carbocycles. The number of hydrogen-bond donors (Lipinski definition) is 1. The van der Waals surface area contributed by atoms with Crippen molar-refractivity contribution >= 4 is 11.9 Å². The Labute approximate surface area is 149 Å². The fraction of sp³-hybridized carbons (Fsp3) is 0.333. The molecule has 0 bridgehead atoms. The lowest BCUT2D eigenvalue weighted by molar-refractivity contribution is -0.137. The van der Waals surface area contributed by atoms with Crippen LogP contribution in [0.2, 0.25) is 0 Å². The van der Waals surface area contributed by atoms with Crippen molar-refractivity contribution in [3.05, 3.63) is 58.3 Å². The van der Waals surface area contributed by atoms with Crippen LogP contribution in [0.15, 0.2) is 41.2 Å². The molecule has 7 nitrogen and oxygen atoms in total. The average Bonchev–Trinajstić information content (AvgIpc) is 2.58. The minimum Gasteiger partial charge on any atom is -0.481 e. The fourth-order valence-corrected chi connectivity index (χ4v) is 2.43. The number of carboxylic acids is 1. The van der Waals surface area contributed by atoms with Crippen molar-refractivity contribution in [2.75, 3.05) is 13.1 Å². The number of aromatic nitrogens is 2. The first kappa shape index (κ1) is 19.3. The molecule has 1 N–H and O–H groups in total. The third kappa shape index (κ3) is 4.75. The van der Waals surface area contributed by atoms with Crippen LogP contribution in [0.1, 0.15) is 30.8 Å². The molecular formula is C18H20FN3O4. The summed E-state index contributed by atoms with van der Waals surface area (Å²) in [5, 5.41) is 12.9. The summed E-state index contributed by atoms with van der Waals surface area (Å²) in [5.41, 5.74) is -0.695. The molecule has 2 aromatic rings. The number of aliphatic carboxylic acids is 1. The van der Waals surface area contributed by atoms with Crippen LogP contribution < -0.4 is 5.56 Å². The van der Waals surface area contributed by atoms with E-state index in [4.69, 9.17) is 5.11 Å². The van der Waals surface area contributed by atoms with E-state index in [1.165, 1.54) is 29.2 Å². The van der Waals surface area contributed by atoms with Gasteiger partial charge >= 0.3 is 5.97 Å². The van der Waals surface area contributed by atoms with E-state index in [1.807, 2.05) is 13.8 Å². The van der Waals surface area contributed by atoms with Gasteiger partial charge < -0.3 is 10.0 Å². The van der Waals surface area contributed by atoms with Gasteiger partial charge in [0.15, 0.2) is 0 Å². The van der Waals surface area contributed by atoms with Crippen molar-refractivity contribution in [2.45, 2.75) is 20.3 Å². The highest BCUT2D eigenvalue weighted by Gasteiger charge is 2.20. The smallest absolute Gasteiger partial charge is 0.305 e. The van der Waals surface area contributed by atoms with Crippen molar-refractivity contribution in [1.29, 1.82) is 0 Å². The van der Waals surface area contributed by atoms with Crippen LogP contribution in [-0.2, 0) is 4.79 Å².